The largest absolute Gasteiger partial charge is 0.442 e. The van der Waals surface area contributed by atoms with Gasteiger partial charge in [-0.25, -0.2) is 0 Å². The molecule has 2 aromatic heterocycles. The zero-order valence-electron chi connectivity index (χ0n) is 9.25. The zero-order valence-corrected chi connectivity index (χ0v) is 9.25. The Morgan fingerprint density at radius 3 is 2.88 bits per heavy atom. The maximum atomic E-state index is 5.32. The Bertz CT molecular complexity index is 440. The smallest absolute Gasteiger partial charge is 0.417 e. The van der Waals surface area contributed by atoms with Gasteiger partial charge in [-0.3, -0.25) is 9.51 Å². The van der Waals surface area contributed by atoms with Crippen LogP contribution in [0.1, 0.15) is 31.3 Å². The van der Waals surface area contributed by atoms with Gasteiger partial charge in [-0.15, -0.1) is 0 Å². The minimum Gasteiger partial charge on any atom is -0.442 e. The Morgan fingerprint density at radius 2 is 2.25 bits per heavy atom. The van der Waals surface area contributed by atoms with Crippen LogP contribution in [0, 0.1) is 0 Å². The molecule has 0 saturated carbocycles. The second-order valence-corrected chi connectivity index (χ2v) is 3.68. The first-order chi connectivity index (χ1) is 7.75. The number of hydrogen-bond donors (Lipinski definition) is 0. The molecule has 0 saturated heterocycles. The van der Waals surface area contributed by atoms with Gasteiger partial charge < -0.3 is 4.74 Å². The fraction of sp³-hybridized carbons (Fsp3) is 0.364. The predicted molar refractivity (Wildman–Crippen MR) is 57.0 cm³/mol. The third kappa shape index (κ3) is 2.56. The SMILES string of the molecule is CC(C)c1noc(OCc2ccccn2)n1. The van der Waals surface area contributed by atoms with Crippen molar-refractivity contribution in [1.82, 2.24) is 15.1 Å². The lowest BCUT2D eigenvalue weighted by Gasteiger charge is -1.98. The minimum absolute atomic E-state index is 0.189. The standard InChI is InChI=1S/C11H13N3O2/c1-8(2)10-13-11(16-14-10)15-7-9-5-3-4-6-12-9/h3-6,8H,7H2,1-2H3. The second-order valence-electron chi connectivity index (χ2n) is 3.68. The van der Waals surface area contributed by atoms with E-state index in [0.717, 1.165) is 5.69 Å². The van der Waals surface area contributed by atoms with Crippen LogP contribution >= 0.6 is 0 Å². The first-order valence-electron chi connectivity index (χ1n) is 5.12. The Labute approximate surface area is 93.5 Å². The molecule has 0 radical (unpaired) electrons. The molecule has 0 aliphatic heterocycles. The van der Waals surface area contributed by atoms with Gasteiger partial charge in [0.05, 0.1) is 5.69 Å². The highest BCUT2D eigenvalue weighted by atomic mass is 16.6. The van der Waals surface area contributed by atoms with Gasteiger partial charge in [0.1, 0.15) is 6.61 Å². The number of rotatable bonds is 4. The van der Waals surface area contributed by atoms with Crippen LogP contribution in [-0.4, -0.2) is 15.1 Å². The van der Waals surface area contributed by atoms with E-state index in [1.54, 1.807) is 6.20 Å². The van der Waals surface area contributed by atoms with E-state index in [0.29, 0.717) is 12.4 Å². The van der Waals surface area contributed by atoms with Gasteiger partial charge in [0, 0.05) is 12.1 Å². The Hall–Kier alpha value is -1.91. The van der Waals surface area contributed by atoms with E-state index in [9.17, 15) is 0 Å². The molecule has 0 spiro atoms. The quantitative estimate of drug-likeness (QED) is 0.788. The van der Waals surface area contributed by atoms with E-state index in [2.05, 4.69) is 15.1 Å². The average molecular weight is 219 g/mol. The summed E-state index contributed by atoms with van der Waals surface area (Å²) in [5, 5.41) is 3.80. The predicted octanol–water partition coefficient (Wildman–Crippen LogP) is 2.17. The molecular formula is C11H13N3O2. The highest BCUT2D eigenvalue weighted by Gasteiger charge is 2.10. The molecule has 84 valence electrons. The lowest BCUT2D eigenvalue weighted by Crippen LogP contribution is -1.98. The third-order valence-electron chi connectivity index (χ3n) is 2.01. The number of nitrogens with zero attached hydrogens (tertiary/aromatic N) is 3. The van der Waals surface area contributed by atoms with Crippen molar-refractivity contribution in [3.8, 4) is 6.08 Å². The van der Waals surface area contributed by atoms with Crippen molar-refractivity contribution in [3.63, 3.8) is 0 Å². The van der Waals surface area contributed by atoms with E-state index in [-0.39, 0.29) is 12.0 Å². The molecule has 0 fully saturated rings. The molecule has 2 rings (SSSR count). The number of ether oxygens (including phenoxy) is 1. The molecule has 0 N–H and O–H groups in total. The van der Waals surface area contributed by atoms with Crippen molar-refractivity contribution in [3.05, 3.63) is 35.9 Å². The van der Waals surface area contributed by atoms with Gasteiger partial charge >= 0.3 is 6.08 Å². The number of pyridine rings is 1. The van der Waals surface area contributed by atoms with Gasteiger partial charge in [0.2, 0.25) is 0 Å². The summed E-state index contributed by atoms with van der Waals surface area (Å²) in [5.41, 5.74) is 0.826. The average Bonchev–Trinajstić information content (AvgIpc) is 2.76. The molecule has 0 unspecified atom stereocenters. The van der Waals surface area contributed by atoms with E-state index in [1.165, 1.54) is 0 Å². The summed E-state index contributed by atoms with van der Waals surface area (Å²) in [7, 11) is 0. The van der Waals surface area contributed by atoms with Gasteiger partial charge in [-0.2, -0.15) is 4.98 Å². The van der Waals surface area contributed by atoms with Crippen LogP contribution in [0.15, 0.2) is 28.9 Å². The molecule has 16 heavy (non-hydrogen) atoms. The van der Waals surface area contributed by atoms with Crippen molar-refractivity contribution < 1.29 is 9.26 Å². The maximum absolute atomic E-state index is 5.32. The second kappa shape index (κ2) is 4.74. The molecule has 0 atom stereocenters. The summed E-state index contributed by atoms with van der Waals surface area (Å²) in [4.78, 5) is 8.22. The number of hydrogen-bond acceptors (Lipinski definition) is 5. The van der Waals surface area contributed by atoms with Crippen LogP contribution in [0.3, 0.4) is 0 Å². The number of aromatic nitrogens is 3. The van der Waals surface area contributed by atoms with E-state index in [1.807, 2.05) is 32.0 Å². The molecule has 5 nitrogen and oxygen atoms in total. The van der Waals surface area contributed by atoms with Crippen LogP contribution in [0.5, 0.6) is 6.08 Å². The van der Waals surface area contributed by atoms with Crippen LogP contribution < -0.4 is 4.74 Å². The molecule has 0 aliphatic rings. The van der Waals surface area contributed by atoms with Crippen LogP contribution in [0.2, 0.25) is 0 Å². The van der Waals surface area contributed by atoms with E-state index in [4.69, 9.17) is 9.26 Å². The van der Waals surface area contributed by atoms with Gasteiger partial charge in [-0.05, 0) is 12.1 Å². The Balaban J connectivity index is 1.95. The van der Waals surface area contributed by atoms with Crippen molar-refractivity contribution in [2.75, 3.05) is 0 Å². The highest BCUT2D eigenvalue weighted by molar-refractivity contribution is 5.03. The zero-order chi connectivity index (χ0) is 11.4. The normalized spacial score (nSPS) is 10.7. The fourth-order valence-corrected chi connectivity index (χ4v) is 1.13. The minimum atomic E-state index is 0.189. The van der Waals surface area contributed by atoms with Crippen molar-refractivity contribution in [2.45, 2.75) is 26.4 Å². The summed E-state index contributed by atoms with van der Waals surface area (Å²) in [5.74, 6) is 0.881. The lowest BCUT2D eigenvalue weighted by molar-refractivity contribution is 0.192. The summed E-state index contributed by atoms with van der Waals surface area (Å²) in [6, 6.07) is 5.63. The fourth-order valence-electron chi connectivity index (χ4n) is 1.13. The molecule has 0 bridgehead atoms. The van der Waals surface area contributed by atoms with Gasteiger partial charge in [0.15, 0.2) is 5.82 Å². The summed E-state index contributed by atoms with van der Waals surface area (Å²) >= 11 is 0. The van der Waals surface area contributed by atoms with E-state index < -0.39 is 0 Å². The van der Waals surface area contributed by atoms with Crippen molar-refractivity contribution in [2.24, 2.45) is 0 Å². The molecule has 0 aromatic carbocycles. The lowest BCUT2D eigenvalue weighted by atomic mass is 10.2. The first kappa shape index (κ1) is 10.6. The van der Waals surface area contributed by atoms with Gasteiger partial charge in [-0.1, -0.05) is 25.1 Å². The van der Waals surface area contributed by atoms with Crippen LogP contribution in [-0.2, 0) is 6.61 Å². The molecular weight excluding hydrogens is 206 g/mol. The summed E-state index contributed by atoms with van der Waals surface area (Å²) in [6.45, 7) is 4.32. The topological polar surface area (TPSA) is 61.0 Å². The summed E-state index contributed by atoms with van der Waals surface area (Å²) < 4.78 is 10.3. The molecule has 5 heteroatoms. The van der Waals surface area contributed by atoms with Crippen molar-refractivity contribution >= 4 is 0 Å². The molecule has 0 aliphatic carbocycles. The monoisotopic (exact) mass is 219 g/mol. The Kier molecular flexibility index (Phi) is 3.14. The highest BCUT2D eigenvalue weighted by Crippen LogP contribution is 2.14. The van der Waals surface area contributed by atoms with E-state index >= 15 is 0 Å². The summed E-state index contributed by atoms with van der Waals surface area (Å²) in [6.07, 6.45) is 1.90. The Morgan fingerprint density at radius 1 is 1.38 bits per heavy atom. The third-order valence-corrected chi connectivity index (χ3v) is 2.01. The van der Waals surface area contributed by atoms with Crippen molar-refractivity contribution in [1.29, 1.82) is 0 Å². The van der Waals surface area contributed by atoms with Crippen LogP contribution in [0.4, 0.5) is 0 Å². The van der Waals surface area contributed by atoms with Crippen LogP contribution in [0.25, 0.3) is 0 Å². The molecule has 0 amide bonds. The van der Waals surface area contributed by atoms with Gasteiger partial charge in [0.25, 0.3) is 0 Å². The first-order valence-corrected chi connectivity index (χ1v) is 5.12. The molecule has 2 heterocycles. The maximum Gasteiger partial charge on any atom is 0.417 e. The molecule has 2 aromatic rings.